The average Bonchev–Trinajstić information content (AvgIpc) is 2.75. The molecule has 2 rings (SSSR count). The maximum absolute atomic E-state index is 5.69. The Bertz CT molecular complexity index is 291. The average molecular weight is 196 g/mol. The Hall–Kier alpha value is -0.940. The van der Waals surface area contributed by atoms with E-state index in [9.17, 15) is 0 Å². The molecule has 1 aromatic rings. The molecule has 2 N–H and O–H groups in total. The van der Waals surface area contributed by atoms with Crippen molar-refractivity contribution in [3.8, 4) is 0 Å². The predicted molar refractivity (Wildman–Crippen MR) is 51.6 cm³/mol. The van der Waals surface area contributed by atoms with Gasteiger partial charge in [0.2, 0.25) is 0 Å². The monoisotopic (exact) mass is 196 g/mol. The summed E-state index contributed by atoms with van der Waals surface area (Å²) in [5.41, 5.74) is 6.52. The van der Waals surface area contributed by atoms with Crippen molar-refractivity contribution in [1.82, 2.24) is 15.0 Å². The molecule has 0 aliphatic carbocycles. The van der Waals surface area contributed by atoms with E-state index in [0.717, 1.165) is 31.7 Å². The molecule has 1 fully saturated rings. The van der Waals surface area contributed by atoms with Gasteiger partial charge in [0.15, 0.2) is 0 Å². The molecule has 0 amide bonds. The molecule has 2 atom stereocenters. The highest BCUT2D eigenvalue weighted by Crippen LogP contribution is 2.14. The number of nitrogens with two attached hydrogens (primary N) is 1. The summed E-state index contributed by atoms with van der Waals surface area (Å²) in [5, 5.41) is 8.00. The molecule has 0 saturated carbocycles. The first-order valence-electron chi connectivity index (χ1n) is 5.03. The van der Waals surface area contributed by atoms with Gasteiger partial charge in [-0.2, -0.15) is 0 Å². The molecular formula is C9H16N4O. The summed E-state index contributed by atoms with van der Waals surface area (Å²) in [5.74, 6) is 0. The minimum Gasteiger partial charge on any atom is -0.376 e. The maximum Gasteiger partial charge on any atom is 0.0991 e. The van der Waals surface area contributed by atoms with E-state index in [1.807, 2.05) is 17.8 Å². The molecule has 0 spiro atoms. The van der Waals surface area contributed by atoms with E-state index in [1.165, 1.54) is 0 Å². The molecule has 1 aromatic heterocycles. The predicted octanol–water partition coefficient (Wildman–Crippen LogP) is 0.477. The summed E-state index contributed by atoms with van der Waals surface area (Å²) in [4.78, 5) is 0. The lowest BCUT2D eigenvalue weighted by Crippen LogP contribution is -2.15. The fraction of sp³-hybridized carbons (Fsp3) is 0.778. The molecule has 14 heavy (non-hydrogen) atoms. The summed E-state index contributed by atoms with van der Waals surface area (Å²) in [6.45, 7) is 3.57. The Balaban J connectivity index is 1.95. The third-order valence-electron chi connectivity index (χ3n) is 2.44. The quantitative estimate of drug-likeness (QED) is 0.763. The molecule has 5 nitrogen and oxygen atoms in total. The van der Waals surface area contributed by atoms with Crippen LogP contribution in [0.4, 0.5) is 0 Å². The third kappa shape index (κ3) is 2.10. The summed E-state index contributed by atoms with van der Waals surface area (Å²) in [7, 11) is 0. The van der Waals surface area contributed by atoms with Gasteiger partial charge in [0, 0.05) is 12.6 Å². The van der Waals surface area contributed by atoms with Gasteiger partial charge in [-0.15, -0.1) is 5.10 Å². The van der Waals surface area contributed by atoms with Crippen molar-refractivity contribution >= 4 is 0 Å². The molecule has 1 saturated heterocycles. The second kappa shape index (κ2) is 4.06. The molecule has 0 bridgehead atoms. The van der Waals surface area contributed by atoms with Crippen molar-refractivity contribution in [3.05, 3.63) is 11.9 Å². The summed E-state index contributed by atoms with van der Waals surface area (Å²) in [6, 6.07) is -0.0479. The van der Waals surface area contributed by atoms with Gasteiger partial charge in [0.05, 0.1) is 24.5 Å². The van der Waals surface area contributed by atoms with Gasteiger partial charge in [0.1, 0.15) is 0 Å². The number of rotatable bonds is 3. The summed E-state index contributed by atoms with van der Waals surface area (Å²) >= 11 is 0. The maximum atomic E-state index is 5.69. The van der Waals surface area contributed by atoms with E-state index in [4.69, 9.17) is 10.5 Å². The zero-order chi connectivity index (χ0) is 9.97. The van der Waals surface area contributed by atoms with Crippen LogP contribution in [0.1, 0.15) is 31.5 Å². The molecule has 78 valence electrons. The van der Waals surface area contributed by atoms with Gasteiger partial charge in [-0.25, -0.2) is 4.68 Å². The lowest BCUT2D eigenvalue weighted by molar-refractivity contribution is 0.0935. The second-order valence-corrected chi connectivity index (χ2v) is 3.79. The number of hydrogen-bond donors (Lipinski definition) is 1. The van der Waals surface area contributed by atoms with Gasteiger partial charge >= 0.3 is 0 Å². The first kappa shape index (κ1) is 9.61. The molecule has 5 heteroatoms. The van der Waals surface area contributed by atoms with Crippen LogP contribution in [0.5, 0.6) is 0 Å². The first-order chi connectivity index (χ1) is 6.75. The lowest BCUT2D eigenvalue weighted by Gasteiger charge is -2.07. The summed E-state index contributed by atoms with van der Waals surface area (Å²) < 4.78 is 7.32. The van der Waals surface area contributed by atoms with Crippen LogP contribution in [0.3, 0.4) is 0 Å². The van der Waals surface area contributed by atoms with E-state index in [1.54, 1.807) is 0 Å². The first-order valence-corrected chi connectivity index (χ1v) is 5.03. The third-order valence-corrected chi connectivity index (χ3v) is 2.44. The van der Waals surface area contributed by atoms with Crippen LogP contribution in [0.25, 0.3) is 0 Å². The standard InChI is InChI=1S/C9H16N4O/c1-7(10)9-6-13(12-11-9)5-8-3-2-4-14-8/h6-8H,2-5,10H2,1H3/t7-,8?/m1/s1. The molecule has 1 aliphatic heterocycles. The van der Waals surface area contributed by atoms with Crippen LogP contribution in [-0.4, -0.2) is 27.7 Å². The van der Waals surface area contributed by atoms with Crippen LogP contribution < -0.4 is 5.73 Å². The zero-order valence-corrected chi connectivity index (χ0v) is 8.39. The highest BCUT2D eigenvalue weighted by molar-refractivity contribution is 4.97. The second-order valence-electron chi connectivity index (χ2n) is 3.79. The van der Waals surface area contributed by atoms with Gasteiger partial charge in [-0.3, -0.25) is 0 Å². The van der Waals surface area contributed by atoms with Crippen molar-refractivity contribution < 1.29 is 4.74 Å². The molecule has 2 heterocycles. The number of nitrogens with zero attached hydrogens (tertiary/aromatic N) is 3. The van der Waals surface area contributed by atoms with Crippen molar-refractivity contribution in [3.63, 3.8) is 0 Å². The zero-order valence-electron chi connectivity index (χ0n) is 8.39. The van der Waals surface area contributed by atoms with Gasteiger partial charge in [0.25, 0.3) is 0 Å². The number of hydrogen-bond acceptors (Lipinski definition) is 4. The molecule has 1 unspecified atom stereocenters. The van der Waals surface area contributed by atoms with E-state index in [-0.39, 0.29) is 6.04 Å². The highest BCUT2D eigenvalue weighted by Gasteiger charge is 2.16. The minimum atomic E-state index is -0.0479. The Morgan fingerprint density at radius 2 is 2.64 bits per heavy atom. The summed E-state index contributed by atoms with van der Waals surface area (Å²) in [6.07, 6.45) is 4.47. The lowest BCUT2D eigenvalue weighted by atomic mass is 10.2. The van der Waals surface area contributed by atoms with Crippen LogP contribution in [0.15, 0.2) is 6.20 Å². The van der Waals surface area contributed by atoms with Gasteiger partial charge < -0.3 is 10.5 Å². The van der Waals surface area contributed by atoms with Crippen LogP contribution in [-0.2, 0) is 11.3 Å². The van der Waals surface area contributed by atoms with Gasteiger partial charge in [-0.1, -0.05) is 5.21 Å². The van der Waals surface area contributed by atoms with Crippen LogP contribution >= 0.6 is 0 Å². The number of ether oxygens (including phenoxy) is 1. The molecule has 1 aliphatic rings. The molecular weight excluding hydrogens is 180 g/mol. The largest absolute Gasteiger partial charge is 0.376 e. The minimum absolute atomic E-state index is 0.0479. The fourth-order valence-electron chi connectivity index (χ4n) is 1.61. The SMILES string of the molecule is C[C@@H](N)c1cn(CC2CCCO2)nn1. The Labute approximate surface area is 83.2 Å². The van der Waals surface area contributed by atoms with Crippen molar-refractivity contribution in [2.24, 2.45) is 5.73 Å². The van der Waals surface area contributed by atoms with Crippen molar-refractivity contribution in [2.75, 3.05) is 6.61 Å². The van der Waals surface area contributed by atoms with E-state index < -0.39 is 0 Å². The Kier molecular flexibility index (Phi) is 2.79. The van der Waals surface area contributed by atoms with E-state index >= 15 is 0 Å². The van der Waals surface area contributed by atoms with E-state index in [0.29, 0.717) is 6.10 Å². The highest BCUT2D eigenvalue weighted by atomic mass is 16.5. The van der Waals surface area contributed by atoms with Crippen LogP contribution in [0.2, 0.25) is 0 Å². The molecule has 0 radical (unpaired) electrons. The fourth-order valence-corrected chi connectivity index (χ4v) is 1.61. The Morgan fingerprint density at radius 1 is 1.79 bits per heavy atom. The normalized spacial score (nSPS) is 24.0. The molecule has 0 aromatic carbocycles. The van der Waals surface area contributed by atoms with Crippen molar-refractivity contribution in [1.29, 1.82) is 0 Å². The number of aromatic nitrogens is 3. The van der Waals surface area contributed by atoms with Crippen molar-refractivity contribution in [2.45, 2.75) is 38.5 Å². The Morgan fingerprint density at radius 3 is 3.21 bits per heavy atom. The smallest absolute Gasteiger partial charge is 0.0991 e. The topological polar surface area (TPSA) is 66.0 Å². The van der Waals surface area contributed by atoms with Gasteiger partial charge in [-0.05, 0) is 19.8 Å². The van der Waals surface area contributed by atoms with Crippen LogP contribution in [0, 0.1) is 0 Å². The van der Waals surface area contributed by atoms with E-state index in [2.05, 4.69) is 10.3 Å².